The summed E-state index contributed by atoms with van der Waals surface area (Å²) in [6, 6.07) is 11.3. The Morgan fingerprint density at radius 3 is 2.77 bits per heavy atom. The summed E-state index contributed by atoms with van der Waals surface area (Å²) in [5.74, 6) is 0.692. The highest BCUT2D eigenvalue weighted by Gasteiger charge is 2.14. The lowest BCUT2D eigenvalue weighted by molar-refractivity contribution is -0.115. The minimum absolute atomic E-state index is 0.158. The normalized spacial score (nSPS) is 11.0. The fourth-order valence-corrected chi connectivity index (χ4v) is 2.83. The van der Waals surface area contributed by atoms with E-state index in [-0.39, 0.29) is 12.3 Å². The Labute approximate surface area is 149 Å². The molecule has 0 unspecified atom stereocenters. The highest BCUT2D eigenvalue weighted by molar-refractivity contribution is 5.95. The minimum atomic E-state index is -0.158. The summed E-state index contributed by atoms with van der Waals surface area (Å²) < 4.78 is 7.40. The first-order valence-corrected chi connectivity index (χ1v) is 8.23. The minimum Gasteiger partial charge on any atom is -0.421 e. The topological polar surface area (TPSA) is 85.3 Å². The molecule has 3 aromatic heterocycles. The highest BCUT2D eigenvalue weighted by atomic mass is 16.4. The first-order valence-electron chi connectivity index (χ1n) is 8.23. The van der Waals surface area contributed by atoms with Crippen molar-refractivity contribution < 1.29 is 9.21 Å². The van der Waals surface area contributed by atoms with Crippen molar-refractivity contribution in [3.05, 3.63) is 65.9 Å². The Balaban J connectivity index is 1.56. The monoisotopic (exact) mass is 347 g/mol. The van der Waals surface area contributed by atoms with Gasteiger partial charge in [-0.05, 0) is 30.7 Å². The predicted molar refractivity (Wildman–Crippen MR) is 96.7 cm³/mol. The zero-order chi connectivity index (χ0) is 18.1. The number of rotatable bonds is 4. The Morgan fingerprint density at radius 2 is 2.00 bits per heavy atom. The summed E-state index contributed by atoms with van der Waals surface area (Å²) in [6.07, 6.45) is 3.97. The number of benzene rings is 1. The van der Waals surface area contributed by atoms with Crippen LogP contribution >= 0.6 is 0 Å². The molecule has 0 saturated heterocycles. The van der Waals surface area contributed by atoms with Gasteiger partial charge in [0.2, 0.25) is 17.7 Å². The van der Waals surface area contributed by atoms with Crippen LogP contribution in [0.5, 0.6) is 0 Å². The van der Waals surface area contributed by atoms with Crippen LogP contribution in [0.2, 0.25) is 0 Å². The van der Waals surface area contributed by atoms with Gasteiger partial charge in [-0.2, -0.15) is 0 Å². The number of aromatic nitrogens is 4. The van der Waals surface area contributed by atoms with Gasteiger partial charge in [0.05, 0.1) is 23.4 Å². The van der Waals surface area contributed by atoms with Crippen molar-refractivity contribution in [3.8, 4) is 11.5 Å². The number of fused-ring (bicyclic) bond motifs is 1. The van der Waals surface area contributed by atoms with E-state index in [0.717, 1.165) is 11.2 Å². The van der Waals surface area contributed by atoms with E-state index < -0.39 is 0 Å². The average molecular weight is 347 g/mol. The third kappa shape index (κ3) is 3.06. The van der Waals surface area contributed by atoms with E-state index in [4.69, 9.17) is 4.42 Å². The molecule has 4 rings (SSSR count). The Bertz CT molecular complexity index is 1100. The number of carbonyl (C=O) groups excluding carboxylic acids is 1. The predicted octanol–water partition coefficient (Wildman–Crippen LogP) is 3.18. The molecule has 7 nitrogen and oxygen atoms in total. The second-order valence-electron chi connectivity index (χ2n) is 6.05. The molecule has 1 aromatic carbocycles. The van der Waals surface area contributed by atoms with E-state index in [1.54, 1.807) is 13.0 Å². The number of nitrogens with zero attached hydrogens (tertiary/aromatic N) is 4. The Hall–Kier alpha value is -3.48. The fraction of sp³-hybridized carbons (Fsp3) is 0.158. The van der Waals surface area contributed by atoms with Crippen molar-refractivity contribution in [1.82, 2.24) is 19.6 Å². The average Bonchev–Trinajstić information content (AvgIpc) is 3.22. The molecule has 26 heavy (non-hydrogen) atoms. The van der Waals surface area contributed by atoms with Crippen LogP contribution in [0.25, 0.3) is 17.1 Å². The zero-order valence-electron chi connectivity index (χ0n) is 14.4. The maximum Gasteiger partial charge on any atom is 0.249 e. The van der Waals surface area contributed by atoms with Crippen LogP contribution in [0.15, 0.2) is 53.2 Å². The maximum atomic E-state index is 12.5. The number of imidazole rings is 1. The number of aryl methyl sites for hydroxylation is 2. The lowest BCUT2D eigenvalue weighted by Crippen LogP contribution is -2.15. The molecule has 0 aliphatic heterocycles. The van der Waals surface area contributed by atoms with Crippen LogP contribution < -0.4 is 5.32 Å². The lowest BCUT2D eigenvalue weighted by Gasteiger charge is -2.07. The van der Waals surface area contributed by atoms with Gasteiger partial charge in [-0.25, -0.2) is 4.98 Å². The van der Waals surface area contributed by atoms with Gasteiger partial charge in [-0.3, -0.25) is 4.79 Å². The largest absolute Gasteiger partial charge is 0.421 e. The maximum absolute atomic E-state index is 12.5. The molecule has 1 amide bonds. The quantitative estimate of drug-likeness (QED) is 0.613. The molecule has 0 bridgehead atoms. The second-order valence-corrected chi connectivity index (χ2v) is 6.05. The van der Waals surface area contributed by atoms with Crippen molar-refractivity contribution >= 4 is 17.2 Å². The Morgan fingerprint density at radius 1 is 1.15 bits per heavy atom. The summed E-state index contributed by atoms with van der Waals surface area (Å²) in [6.45, 7) is 3.72. The van der Waals surface area contributed by atoms with Gasteiger partial charge < -0.3 is 14.1 Å². The number of para-hydroxylation sites is 1. The van der Waals surface area contributed by atoms with Crippen molar-refractivity contribution in [3.63, 3.8) is 0 Å². The van der Waals surface area contributed by atoms with Crippen LogP contribution in [-0.2, 0) is 11.2 Å². The number of carbonyl (C=O) groups is 1. The molecule has 0 saturated carbocycles. The van der Waals surface area contributed by atoms with Crippen LogP contribution in [0.3, 0.4) is 0 Å². The molecule has 1 N–H and O–H groups in total. The van der Waals surface area contributed by atoms with E-state index in [1.165, 1.54) is 0 Å². The van der Waals surface area contributed by atoms with E-state index in [1.807, 2.05) is 54.0 Å². The summed E-state index contributed by atoms with van der Waals surface area (Å²) in [5.41, 5.74) is 3.95. The lowest BCUT2D eigenvalue weighted by atomic mass is 10.1. The van der Waals surface area contributed by atoms with Crippen molar-refractivity contribution in [2.45, 2.75) is 20.3 Å². The number of hydrogen-bond donors (Lipinski definition) is 1. The van der Waals surface area contributed by atoms with Crippen LogP contribution in [-0.4, -0.2) is 25.5 Å². The van der Waals surface area contributed by atoms with Crippen LogP contribution in [0, 0.1) is 13.8 Å². The standard InChI is InChI=1S/C19H17N5O2/c1-12-6-5-9-24-11-14(20-18(12)24)10-17(25)21-16-8-4-3-7-15(16)19-23-22-13(2)26-19/h3-9,11H,10H2,1-2H3,(H,21,25). The van der Waals surface area contributed by atoms with Crippen LogP contribution in [0.4, 0.5) is 5.69 Å². The van der Waals surface area contributed by atoms with E-state index in [2.05, 4.69) is 20.5 Å². The second kappa shape index (κ2) is 6.44. The number of amides is 1. The van der Waals surface area contributed by atoms with Crippen molar-refractivity contribution in [1.29, 1.82) is 0 Å². The Kier molecular flexibility index (Phi) is 3.96. The van der Waals surface area contributed by atoms with Gasteiger partial charge >= 0.3 is 0 Å². The molecule has 0 aliphatic carbocycles. The van der Waals surface area contributed by atoms with E-state index in [0.29, 0.717) is 28.7 Å². The van der Waals surface area contributed by atoms with Crippen molar-refractivity contribution in [2.75, 3.05) is 5.32 Å². The van der Waals surface area contributed by atoms with Gasteiger partial charge in [0.1, 0.15) is 5.65 Å². The number of nitrogens with one attached hydrogen (secondary N) is 1. The smallest absolute Gasteiger partial charge is 0.249 e. The molecule has 0 aliphatic rings. The van der Waals surface area contributed by atoms with Crippen LogP contribution in [0.1, 0.15) is 17.1 Å². The molecule has 0 fully saturated rings. The number of anilines is 1. The molecule has 7 heteroatoms. The molecular weight excluding hydrogens is 330 g/mol. The summed E-state index contributed by atoms with van der Waals surface area (Å²) in [7, 11) is 0. The molecule has 0 atom stereocenters. The summed E-state index contributed by atoms with van der Waals surface area (Å²) in [4.78, 5) is 17.0. The number of pyridine rings is 1. The summed E-state index contributed by atoms with van der Waals surface area (Å²) >= 11 is 0. The zero-order valence-corrected chi connectivity index (χ0v) is 14.4. The first-order chi connectivity index (χ1) is 12.6. The molecule has 0 radical (unpaired) electrons. The van der Waals surface area contributed by atoms with Gasteiger partial charge in [0.25, 0.3) is 0 Å². The van der Waals surface area contributed by atoms with E-state index >= 15 is 0 Å². The molecular formula is C19H17N5O2. The van der Waals surface area contributed by atoms with Crippen molar-refractivity contribution in [2.24, 2.45) is 0 Å². The third-order valence-electron chi connectivity index (χ3n) is 4.03. The van der Waals surface area contributed by atoms with Gasteiger partial charge in [0, 0.05) is 19.3 Å². The van der Waals surface area contributed by atoms with Gasteiger partial charge in [-0.1, -0.05) is 18.2 Å². The molecule has 130 valence electrons. The first kappa shape index (κ1) is 16.0. The van der Waals surface area contributed by atoms with Gasteiger partial charge in [-0.15, -0.1) is 10.2 Å². The number of hydrogen-bond acceptors (Lipinski definition) is 5. The SMILES string of the molecule is Cc1nnc(-c2ccccc2NC(=O)Cc2cn3cccc(C)c3n2)o1. The summed E-state index contributed by atoms with van der Waals surface area (Å²) in [5, 5.41) is 10.8. The molecule has 4 aromatic rings. The third-order valence-corrected chi connectivity index (χ3v) is 4.03. The van der Waals surface area contributed by atoms with Gasteiger partial charge in [0.15, 0.2) is 0 Å². The highest BCUT2D eigenvalue weighted by Crippen LogP contribution is 2.26. The van der Waals surface area contributed by atoms with E-state index in [9.17, 15) is 4.79 Å². The molecule has 3 heterocycles. The fourth-order valence-electron chi connectivity index (χ4n) is 2.83. The molecule has 0 spiro atoms.